The fourth-order valence-corrected chi connectivity index (χ4v) is 2.48. The Kier molecular flexibility index (Phi) is 7.19. The van der Waals surface area contributed by atoms with Crippen LogP contribution in [0.2, 0.25) is 0 Å². The minimum Gasteiger partial charge on any atom is -0.496 e. The molecule has 1 heterocycles. The fraction of sp³-hybridized carbons (Fsp3) is 0.421. The zero-order chi connectivity index (χ0) is 18.1. The Labute approximate surface area is 149 Å². The molecule has 1 amide bonds. The van der Waals surface area contributed by atoms with Gasteiger partial charge in [0.1, 0.15) is 23.1 Å². The van der Waals surface area contributed by atoms with Crippen LogP contribution >= 0.6 is 0 Å². The van der Waals surface area contributed by atoms with E-state index in [1.807, 2.05) is 24.3 Å². The molecule has 1 aromatic carbocycles. The molecule has 0 fully saturated rings. The highest BCUT2D eigenvalue weighted by Crippen LogP contribution is 2.17. The van der Waals surface area contributed by atoms with E-state index < -0.39 is 0 Å². The van der Waals surface area contributed by atoms with Gasteiger partial charge in [-0.1, -0.05) is 31.5 Å². The van der Waals surface area contributed by atoms with Crippen LogP contribution in [0.1, 0.15) is 41.6 Å². The van der Waals surface area contributed by atoms with Crippen LogP contribution in [0, 0.1) is 6.92 Å². The minimum atomic E-state index is -0.195. The van der Waals surface area contributed by atoms with Crippen molar-refractivity contribution in [3.05, 3.63) is 47.4 Å². The van der Waals surface area contributed by atoms with E-state index in [0.717, 1.165) is 30.7 Å². The number of carbonyl (C=O) groups is 1. The number of benzene rings is 1. The molecule has 0 atom stereocenters. The second-order valence-corrected chi connectivity index (χ2v) is 5.78. The van der Waals surface area contributed by atoms with Crippen molar-refractivity contribution in [2.45, 2.75) is 33.1 Å². The fourth-order valence-electron chi connectivity index (χ4n) is 2.48. The van der Waals surface area contributed by atoms with Crippen LogP contribution in [0.4, 0.5) is 5.82 Å². The topological polar surface area (TPSA) is 76.1 Å². The predicted molar refractivity (Wildman–Crippen MR) is 99.2 cm³/mol. The molecule has 0 radical (unpaired) electrons. The summed E-state index contributed by atoms with van der Waals surface area (Å²) >= 11 is 0. The molecular formula is C19H26N4O2. The zero-order valence-corrected chi connectivity index (χ0v) is 15.1. The van der Waals surface area contributed by atoms with Crippen molar-refractivity contribution in [2.24, 2.45) is 0 Å². The Bertz CT molecular complexity index is 704. The Hall–Kier alpha value is -2.63. The monoisotopic (exact) mass is 342 g/mol. The maximum Gasteiger partial charge on any atom is 0.270 e. The molecule has 0 aliphatic heterocycles. The number of anilines is 1. The first-order valence-electron chi connectivity index (χ1n) is 8.63. The lowest BCUT2D eigenvalue weighted by Gasteiger charge is -2.10. The van der Waals surface area contributed by atoms with Crippen molar-refractivity contribution in [1.29, 1.82) is 0 Å². The number of aromatic nitrogens is 2. The van der Waals surface area contributed by atoms with Crippen LogP contribution in [0.15, 0.2) is 30.3 Å². The van der Waals surface area contributed by atoms with Crippen LogP contribution in [-0.2, 0) is 6.42 Å². The van der Waals surface area contributed by atoms with Crippen LogP contribution in [0.5, 0.6) is 5.75 Å². The van der Waals surface area contributed by atoms with Gasteiger partial charge in [-0.05, 0) is 31.4 Å². The predicted octanol–water partition coefficient (Wildman–Crippen LogP) is 2.98. The van der Waals surface area contributed by atoms with Crippen molar-refractivity contribution < 1.29 is 9.53 Å². The standard InChI is InChI=1S/C19H26N4O2/c1-4-5-11-20-18-13-16(22-14(2)23-18)19(24)21-12-10-15-8-6-7-9-17(15)25-3/h6-9,13H,4-5,10-12H2,1-3H3,(H,21,24)(H,20,22,23). The van der Waals surface area contributed by atoms with E-state index in [0.29, 0.717) is 30.3 Å². The molecular weight excluding hydrogens is 316 g/mol. The molecule has 1 aromatic heterocycles. The number of methoxy groups -OCH3 is 1. The number of hydrogen-bond acceptors (Lipinski definition) is 5. The molecule has 0 saturated carbocycles. The quantitative estimate of drug-likeness (QED) is 0.685. The first-order chi connectivity index (χ1) is 12.1. The van der Waals surface area contributed by atoms with E-state index in [1.165, 1.54) is 0 Å². The van der Waals surface area contributed by atoms with Gasteiger partial charge in [0.25, 0.3) is 5.91 Å². The summed E-state index contributed by atoms with van der Waals surface area (Å²) in [6.07, 6.45) is 2.86. The number of carbonyl (C=O) groups excluding carboxylic acids is 1. The van der Waals surface area contributed by atoms with Crippen LogP contribution < -0.4 is 15.4 Å². The van der Waals surface area contributed by atoms with Gasteiger partial charge in [0, 0.05) is 19.2 Å². The third-order valence-corrected chi connectivity index (χ3v) is 3.78. The minimum absolute atomic E-state index is 0.195. The van der Waals surface area contributed by atoms with E-state index in [1.54, 1.807) is 20.1 Å². The third-order valence-electron chi connectivity index (χ3n) is 3.78. The molecule has 2 rings (SSSR count). The SMILES string of the molecule is CCCCNc1cc(C(=O)NCCc2ccccc2OC)nc(C)n1. The first kappa shape index (κ1) is 18.7. The molecule has 0 unspecified atom stereocenters. The summed E-state index contributed by atoms with van der Waals surface area (Å²) in [5.41, 5.74) is 1.44. The van der Waals surface area contributed by atoms with Gasteiger partial charge >= 0.3 is 0 Å². The lowest BCUT2D eigenvalue weighted by Crippen LogP contribution is -2.27. The van der Waals surface area contributed by atoms with Gasteiger partial charge in [0.2, 0.25) is 0 Å². The molecule has 2 aromatic rings. The van der Waals surface area contributed by atoms with Crippen molar-refractivity contribution in [3.8, 4) is 5.75 Å². The summed E-state index contributed by atoms with van der Waals surface area (Å²) in [4.78, 5) is 20.9. The molecule has 134 valence electrons. The lowest BCUT2D eigenvalue weighted by molar-refractivity contribution is 0.0948. The number of hydrogen-bond donors (Lipinski definition) is 2. The highest BCUT2D eigenvalue weighted by Gasteiger charge is 2.10. The molecule has 0 aliphatic carbocycles. The third kappa shape index (κ3) is 5.74. The highest BCUT2D eigenvalue weighted by atomic mass is 16.5. The van der Waals surface area contributed by atoms with Gasteiger partial charge in [0.15, 0.2) is 0 Å². The number of para-hydroxylation sites is 1. The molecule has 0 spiro atoms. The summed E-state index contributed by atoms with van der Waals surface area (Å²) in [6, 6.07) is 9.50. The lowest BCUT2D eigenvalue weighted by atomic mass is 10.1. The normalized spacial score (nSPS) is 10.4. The van der Waals surface area contributed by atoms with Crippen molar-refractivity contribution in [3.63, 3.8) is 0 Å². The number of amides is 1. The van der Waals surface area contributed by atoms with Gasteiger partial charge in [-0.25, -0.2) is 9.97 Å². The summed E-state index contributed by atoms with van der Waals surface area (Å²) in [5.74, 6) is 1.91. The Morgan fingerprint density at radius 2 is 2.00 bits per heavy atom. The number of nitrogens with one attached hydrogen (secondary N) is 2. The average Bonchev–Trinajstić information content (AvgIpc) is 2.62. The Morgan fingerprint density at radius 3 is 2.76 bits per heavy atom. The molecule has 6 nitrogen and oxygen atoms in total. The molecule has 0 bridgehead atoms. The van der Waals surface area contributed by atoms with Crippen molar-refractivity contribution in [2.75, 3.05) is 25.5 Å². The molecule has 0 aliphatic rings. The Morgan fingerprint density at radius 1 is 1.20 bits per heavy atom. The summed E-state index contributed by atoms with van der Waals surface area (Å²) in [5, 5.41) is 6.14. The van der Waals surface area contributed by atoms with Crippen LogP contribution in [0.3, 0.4) is 0 Å². The number of rotatable bonds is 9. The van der Waals surface area contributed by atoms with Gasteiger partial charge in [-0.2, -0.15) is 0 Å². The largest absolute Gasteiger partial charge is 0.496 e. The molecule has 2 N–H and O–H groups in total. The number of nitrogens with zero attached hydrogens (tertiary/aromatic N) is 2. The molecule has 25 heavy (non-hydrogen) atoms. The van der Waals surface area contributed by atoms with E-state index in [2.05, 4.69) is 27.5 Å². The van der Waals surface area contributed by atoms with E-state index in [9.17, 15) is 4.79 Å². The van der Waals surface area contributed by atoms with Gasteiger partial charge in [-0.3, -0.25) is 4.79 Å². The van der Waals surface area contributed by atoms with Crippen LogP contribution in [-0.4, -0.2) is 36.1 Å². The summed E-state index contributed by atoms with van der Waals surface area (Å²) in [6.45, 7) is 5.27. The van der Waals surface area contributed by atoms with E-state index in [-0.39, 0.29) is 5.91 Å². The number of ether oxygens (including phenoxy) is 1. The highest BCUT2D eigenvalue weighted by molar-refractivity contribution is 5.92. The summed E-state index contributed by atoms with van der Waals surface area (Å²) < 4.78 is 5.32. The van der Waals surface area contributed by atoms with Gasteiger partial charge in [0.05, 0.1) is 7.11 Å². The number of aryl methyl sites for hydroxylation is 1. The maximum atomic E-state index is 12.4. The second kappa shape index (κ2) is 9.61. The van der Waals surface area contributed by atoms with E-state index in [4.69, 9.17) is 4.74 Å². The smallest absolute Gasteiger partial charge is 0.270 e. The zero-order valence-electron chi connectivity index (χ0n) is 15.1. The van der Waals surface area contributed by atoms with Crippen molar-refractivity contribution in [1.82, 2.24) is 15.3 Å². The van der Waals surface area contributed by atoms with Gasteiger partial charge < -0.3 is 15.4 Å². The number of unbranched alkanes of at least 4 members (excludes halogenated alkanes) is 1. The van der Waals surface area contributed by atoms with Crippen molar-refractivity contribution >= 4 is 11.7 Å². The van der Waals surface area contributed by atoms with Gasteiger partial charge in [-0.15, -0.1) is 0 Å². The second-order valence-electron chi connectivity index (χ2n) is 5.78. The average molecular weight is 342 g/mol. The maximum absolute atomic E-state index is 12.4. The van der Waals surface area contributed by atoms with E-state index >= 15 is 0 Å². The molecule has 0 saturated heterocycles. The van der Waals surface area contributed by atoms with Crippen LogP contribution in [0.25, 0.3) is 0 Å². The first-order valence-corrected chi connectivity index (χ1v) is 8.63. The molecule has 6 heteroatoms. The Balaban J connectivity index is 1.93. The summed E-state index contributed by atoms with van der Waals surface area (Å²) in [7, 11) is 1.65.